The standard InChI is InChI=1S/C23H36O7/c1-16-19(14-12-10-8-6-7-9-11-13-15-29-17(2)24)21(30-18(3)25)23(28-5)22(27-4)20(16)26/h26H,6-15H2,1-5H3. The second kappa shape index (κ2) is 13.7. The van der Waals surface area contributed by atoms with Gasteiger partial charge in [-0.2, -0.15) is 0 Å². The van der Waals surface area contributed by atoms with E-state index in [0.717, 1.165) is 56.9 Å². The number of benzene rings is 1. The van der Waals surface area contributed by atoms with Crippen LogP contribution in [0.4, 0.5) is 0 Å². The van der Waals surface area contributed by atoms with Crippen molar-refractivity contribution in [2.75, 3.05) is 20.8 Å². The largest absolute Gasteiger partial charge is 0.504 e. The van der Waals surface area contributed by atoms with Crippen LogP contribution in [-0.2, 0) is 20.7 Å². The molecule has 0 aliphatic rings. The number of hydrogen-bond acceptors (Lipinski definition) is 7. The van der Waals surface area contributed by atoms with Gasteiger partial charge in [0, 0.05) is 25.0 Å². The third-order valence-corrected chi connectivity index (χ3v) is 4.99. The average Bonchev–Trinajstić information content (AvgIpc) is 2.69. The molecule has 170 valence electrons. The predicted molar refractivity (Wildman–Crippen MR) is 115 cm³/mol. The molecule has 0 radical (unpaired) electrons. The predicted octanol–water partition coefficient (Wildman–Crippen LogP) is 4.87. The summed E-state index contributed by atoms with van der Waals surface area (Å²) in [6.45, 7) is 5.07. The molecule has 1 aromatic carbocycles. The fourth-order valence-corrected chi connectivity index (χ4v) is 3.44. The van der Waals surface area contributed by atoms with E-state index in [1.807, 2.05) is 0 Å². The van der Waals surface area contributed by atoms with E-state index in [4.69, 9.17) is 18.9 Å². The molecule has 1 rings (SSSR count). The van der Waals surface area contributed by atoms with Crippen LogP contribution < -0.4 is 14.2 Å². The first-order valence-corrected chi connectivity index (χ1v) is 10.6. The molecule has 0 fully saturated rings. The van der Waals surface area contributed by atoms with E-state index >= 15 is 0 Å². The topological polar surface area (TPSA) is 91.3 Å². The van der Waals surface area contributed by atoms with Gasteiger partial charge >= 0.3 is 11.9 Å². The summed E-state index contributed by atoms with van der Waals surface area (Å²) in [5.74, 6) is 0.0717. The molecule has 0 aromatic heterocycles. The molecule has 0 atom stereocenters. The Balaban J connectivity index is 2.54. The molecule has 1 N–H and O–H groups in total. The van der Waals surface area contributed by atoms with Crippen molar-refractivity contribution in [3.05, 3.63) is 11.1 Å². The van der Waals surface area contributed by atoms with Gasteiger partial charge in [0.2, 0.25) is 11.5 Å². The normalized spacial score (nSPS) is 10.6. The molecule has 0 heterocycles. The maximum Gasteiger partial charge on any atom is 0.308 e. The van der Waals surface area contributed by atoms with Crippen molar-refractivity contribution >= 4 is 11.9 Å². The zero-order chi connectivity index (χ0) is 22.5. The average molecular weight is 425 g/mol. The monoisotopic (exact) mass is 424 g/mol. The summed E-state index contributed by atoms with van der Waals surface area (Å²) in [5, 5.41) is 10.5. The summed E-state index contributed by atoms with van der Waals surface area (Å²) in [5.41, 5.74) is 1.41. The SMILES string of the molecule is COc1c(O)c(C)c(CCCCCCCCCCOC(C)=O)c(OC(C)=O)c1OC. The second-order valence-electron chi connectivity index (χ2n) is 7.36. The minimum Gasteiger partial charge on any atom is -0.504 e. The number of aromatic hydroxyl groups is 1. The highest BCUT2D eigenvalue weighted by molar-refractivity contribution is 5.75. The summed E-state index contributed by atoms with van der Waals surface area (Å²) in [7, 11) is 2.89. The number of phenols is 1. The molecule has 0 aliphatic carbocycles. The Labute approximate surface area is 179 Å². The van der Waals surface area contributed by atoms with Crippen LogP contribution in [0, 0.1) is 6.92 Å². The van der Waals surface area contributed by atoms with Crippen molar-refractivity contribution in [3.63, 3.8) is 0 Å². The van der Waals surface area contributed by atoms with E-state index in [0.29, 0.717) is 24.3 Å². The quantitative estimate of drug-likeness (QED) is 0.259. The molecule has 0 aliphatic heterocycles. The van der Waals surface area contributed by atoms with Gasteiger partial charge in [-0.15, -0.1) is 0 Å². The molecule has 30 heavy (non-hydrogen) atoms. The van der Waals surface area contributed by atoms with Crippen LogP contribution in [0.3, 0.4) is 0 Å². The Morgan fingerprint density at radius 3 is 1.80 bits per heavy atom. The van der Waals surface area contributed by atoms with Crippen LogP contribution in [0.2, 0.25) is 0 Å². The third kappa shape index (κ3) is 8.13. The molecule has 0 spiro atoms. The number of carbonyl (C=O) groups excluding carboxylic acids is 2. The van der Waals surface area contributed by atoms with Crippen LogP contribution in [0.1, 0.15) is 76.3 Å². The zero-order valence-electron chi connectivity index (χ0n) is 19.0. The Bertz CT molecular complexity index is 698. The Morgan fingerprint density at radius 1 is 0.767 bits per heavy atom. The van der Waals surface area contributed by atoms with Gasteiger partial charge < -0.3 is 24.1 Å². The fourth-order valence-electron chi connectivity index (χ4n) is 3.44. The Morgan fingerprint density at radius 2 is 1.30 bits per heavy atom. The summed E-state index contributed by atoms with van der Waals surface area (Å²) in [4.78, 5) is 22.3. The van der Waals surface area contributed by atoms with E-state index in [1.165, 1.54) is 28.1 Å². The lowest BCUT2D eigenvalue weighted by Crippen LogP contribution is -2.08. The van der Waals surface area contributed by atoms with Crippen molar-refractivity contribution < 1.29 is 33.6 Å². The fraction of sp³-hybridized carbons (Fsp3) is 0.652. The summed E-state index contributed by atoms with van der Waals surface area (Å²) in [6, 6.07) is 0. The van der Waals surface area contributed by atoms with E-state index < -0.39 is 5.97 Å². The number of hydrogen-bond donors (Lipinski definition) is 1. The van der Waals surface area contributed by atoms with Crippen molar-refractivity contribution in [1.82, 2.24) is 0 Å². The minimum absolute atomic E-state index is 0.00834. The lowest BCUT2D eigenvalue weighted by atomic mass is 9.98. The van der Waals surface area contributed by atoms with Crippen molar-refractivity contribution in [3.8, 4) is 23.0 Å². The van der Waals surface area contributed by atoms with Crippen LogP contribution >= 0.6 is 0 Å². The van der Waals surface area contributed by atoms with Crippen LogP contribution in [0.5, 0.6) is 23.0 Å². The first-order valence-electron chi connectivity index (χ1n) is 10.6. The molecular weight excluding hydrogens is 388 g/mol. The molecule has 0 saturated carbocycles. The first kappa shape index (κ1) is 25.6. The molecule has 7 heteroatoms. The van der Waals surface area contributed by atoms with E-state index in [9.17, 15) is 14.7 Å². The van der Waals surface area contributed by atoms with Gasteiger partial charge in [0.05, 0.1) is 20.8 Å². The highest BCUT2D eigenvalue weighted by Gasteiger charge is 2.25. The van der Waals surface area contributed by atoms with Gasteiger partial charge in [-0.3, -0.25) is 9.59 Å². The number of rotatable bonds is 14. The summed E-state index contributed by atoms with van der Waals surface area (Å²) in [6.07, 6.45) is 9.19. The molecule has 0 bridgehead atoms. The van der Waals surface area contributed by atoms with Gasteiger partial charge in [-0.1, -0.05) is 38.5 Å². The van der Waals surface area contributed by atoms with Crippen molar-refractivity contribution in [2.45, 2.75) is 78.6 Å². The van der Waals surface area contributed by atoms with Crippen molar-refractivity contribution in [2.24, 2.45) is 0 Å². The van der Waals surface area contributed by atoms with Crippen LogP contribution in [0.25, 0.3) is 0 Å². The number of esters is 2. The molecule has 1 aromatic rings. The highest BCUT2D eigenvalue weighted by Crippen LogP contribution is 2.49. The van der Waals surface area contributed by atoms with Crippen molar-refractivity contribution in [1.29, 1.82) is 0 Å². The number of methoxy groups -OCH3 is 2. The Hall–Kier alpha value is -2.44. The number of unbranched alkanes of at least 4 members (excludes halogenated alkanes) is 7. The Kier molecular flexibility index (Phi) is 11.7. The van der Waals surface area contributed by atoms with Gasteiger partial charge in [0.1, 0.15) is 0 Å². The molecule has 0 amide bonds. The van der Waals surface area contributed by atoms with E-state index in [1.54, 1.807) is 6.92 Å². The highest BCUT2D eigenvalue weighted by atomic mass is 16.6. The van der Waals surface area contributed by atoms with Gasteiger partial charge in [-0.25, -0.2) is 0 Å². The minimum atomic E-state index is -0.449. The number of carbonyl (C=O) groups is 2. The maximum atomic E-state index is 11.6. The third-order valence-electron chi connectivity index (χ3n) is 4.99. The first-order chi connectivity index (χ1) is 14.3. The smallest absolute Gasteiger partial charge is 0.308 e. The van der Waals surface area contributed by atoms with Crippen LogP contribution in [-0.4, -0.2) is 37.9 Å². The summed E-state index contributed by atoms with van der Waals surface area (Å²) < 4.78 is 21.0. The lowest BCUT2D eigenvalue weighted by Gasteiger charge is -2.20. The van der Waals surface area contributed by atoms with Gasteiger partial charge in [-0.05, 0) is 26.2 Å². The molecular formula is C23H36O7. The molecule has 7 nitrogen and oxygen atoms in total. The number of ether oxygens (including phenoxy) is 4. The lowest BCUT2D eigenvalue weighted by molar-refractivity contribution is -0.141. The van der Waals surface area contributed by atoms with E-state index in [-0.39, 0.29) is 23.2 Å². The molecule has 0 saturated heterocycles. The van der Waals surface area contributed by atoms with Crippen LogP contribution in [0.15, 0.2) is 0 Å². The van der Waals surface area contributed by atoms with E-state index in [2.05, 4.69) is 0 Å². The molecule has 0 unspecified atom stereocenters. The van der Waals surface area contributed by atoms with Gasteiger partial charge in [0.25, 0.3) is 0 Å². The van der Waals surface area contributed by atoms with Gasteiger partial charge in [0.15, 0.2) is 11.5 Å². The number of phenolic OH excluding ortho intramolecular Hbond substituents is 1. The second-order valence-corrected chi connectivity index (χ2v) is 7.36. The maximum absolute atomic E-state index is 11.6. The summed E-state index contributed by atoms with van der Waals surface area (Å²) >= 11 is 0. The zero-order valence-corrected chi connectivity index (χ0v) is 19.0.